The predicted molar refractivity (Wildman–Crippen MR) is 136 cm³/mol. The topological polar surface area (TPSA) is 61.8 Å². The molecule has 0 aromatic heterocycles. The number of carbonyl (C=O) groups is 2. The van der Waals surface area contributed by atoms with Crippen LogP contribution >= 0.6 is 0 Å². The molecule has 0 bridgehead atoms. The highest BCUT2D eigenvalue weighted by Gasteiger charge is 2.28. The van der Waals surface area contributed by atoms with Crippen LogP contribution in [0, 0.1) is 17.8 Å². The van der Waals surface area contributed by atoms with Gasteiger partial charge in [-0.05, 0) is 74.6 Å². The molecule has 0 N–H and O–H groups in total. The Morgan fingerprint density at radius 1 is 0.735 bits per heavy atom. The summed E-state index contributed by atoms with van der Waals surface area (Å²) in [5, 5.41) is 0. The van der Waals surface area contributed by atoms with Gasteiger partial charge in [-0.3, -0.25) is 0 Å². The minimum absolute atomic E-state index is 0.0107. The zero-order valence-electron chi connectivity index (χ0n) is 20.2. The Morgan fingerprint density at radius 2 is 1.18 bits per heavy atom. The van der Waals surface area contributed by atoms with Crippen LogP contribution in [0.3, 0.4) is 0 Å². The third-order valence-electron chi connectivity index (χ3n) is 6.04. The minimum Gasteiger partial charge on any atom is -0.462 e. The molecule has 2 rings (SSSR count). The van der Waals surface area contributed by atoms with E-state index in [4.69, 9.17) is 20.6 Å². The Hall–Kier alpha value is -3.04. The van der Waals surface area contributed by atoms with Crippen molar-refractivity contribution in [3.05, 3.63) is 71.8 Å². The fourth-order valence-electron chi connectivity index (χ4n) is 4.22. The van der Waals surface area contributed by atoms with Crippen LogP contribution in [0.2, 0.25) is 0 Å². The first kappa shape index (κ1) is 27.2. The van der Waals surface area contributed by atoms with Crippen molar-refractivity contribution < 1.29 is 23.7 Å². The molecule has 34 heavy (non-hydrogen) atoms. The number of esters is 2. The summed E-state index contributed by atoms with van der Waals surface area (Å²) in [7, 11) is 1.70. The van der Waals surface area contributed by atoms with Gasteiger partial charge < -0.3 is 14.1 Å². The van der Waals surface area contributed by atoms with Crippen LogP contribution in [0.1, 0.15) is 72.1 Å². The van der Waals surface area contributed by atoms with E-state index in [1.54, 1.807) is 32.3 Å². The van der Waals surface area contributed by atoms with Crippen LogP contribution in [0.4, 0.5) is 0 Å². The summed E-state index contributed by atoms with van der Waals surface area (Å²) in [4.78, 5) is 24.5. The molecule has 2 aromatic rings. The maximum absolute atomic E-state index is 12.2. The molecule has 0 saturated carbocycles. The first-order valence-corrected chi connectivity index (χ1v) is 12.0. The van der Waals surface area contributed by atoms with E-state index in [1.807, 2.05) is 36.4 Å². The van der Waals surface area contributed by atoms with Crippen molar-refractivity contribution in [3.63, 3.8) is 0 Å². The summed E-state index contributed by atoms with van der Waals surface area (Å²) in [6.45, 7) is 1.40. The number of ether oxygens (including phenoxy) is 2. The van der Waals surface area contributed by atoms with Gasteiger partial charge in [-0.2, -0.15) is 0 Å². The first-order valence-electron chi connectivity index (χ1n) is 12.0. The van der Waals surface area contributed by atoms with E-state index in [0.717, 1.165) is 44.9 Å². The average Bonchev–Trinajstić information content (AvgIpc) is 2.88. The van der Waals surface area contributed by atoms with Gasteiger partial charge in [0, 0.05) is 13.0 Å². The van der Waals surface area contributed by atoms with E-state index in [1.165, 1.54) is 0 Å². The van der Waals surface area contributed by atoms with E-state index >= 15 is 0 Å². The van der Waals surface area contributed by atoms with Gasteiger partial charge in [0.05, 0.1) is 24.3 Å². The summed E-state index contributed by atoms with van der Waals surface area (Å²) in [5.74, 6) is 2.16. The summed E-state index contributed by atoms with van der Waals surface area (Å²) in [6, 6.07) is 18.0. The standard InChI is InChI=1S/C28H35BO5/c1-2-3-17-28(20-12-23-34-29,18-10-21-32-26(30)24-13-6-4-7-14-24)19-11-22-33-27(31)25-15-8-5-9-16-25/h1,4-9,13-16H,3,10-12,17-23,29H2. The van der Waals surface area contributed by atoms with E-state index in [-0.39, 0.29) is 17.4 Å². The summed E-state index contributed by atoms with van der Waals surface area (Å²) in [6.07, 6.45) is 12.3. The van der Waals surface area contributed by atoms with Crippen molar-refractivity contribution in [1.29, 1.82) is 0 Å². The van der Waals surface area contributed by atoms with Gasteiger partial charge in [0.15, 0.2) is 0 Å². The molecule has 0 saturated heterocycles. The van der Waals surface area contributed by atoms with Crippen molar-refractivity contribution in [2.45, 2.75) is 51.4 Å². The summed E-state index contributed by atoms with van der Waals surface area (Å²) < 4.78 is 16.2. The molecule has 0 radical (unpaired) electrons. The van der Waals surface area contributed by atoms with Gasteiger partial charge in [-0.1, -0.05) is 36.4 Å². The van der Waals surface area contributed by atoms with E-state index in [9.17, 15) is 9.59 Å². The smallest absolute Gasteiger partial charge is 0.338 e. The zero-order valence-corrected chi connectivity index (χ0v) is 20.2. The van der Waals surface area contributed by atoms with Gasteiger partial charge in [-0.25, -0.2) is 9.59 Å². The summed E-state index contributed by atoms with van der Waals surface area (Å²) >= 11 is 0. The molecule has 2 aromatic carbocycles. The number of terminal acetylenes is 1. The van der Waals surface area contributed by atoms with Gasteiger partial charge in [-0.15, -0.1) is 12.3 Å². The van der Waals surface area contributed by atoms with Gasteiger partial charge in [0.1, 0.15) is 0 Å². The second-order valence-corrected chi connectivity index (χ2v) is 8.51. The Balaban J connectivity index is 1.90. The molecule has 6 heteroatoms. The van der Waals surface area contributed by atoms with Gasteiger partial charge in [0.2, 0.25) is 0 Å². The van der Waals surface area contributed by atoms with E-state index in [2.05, 4.69) is 5.92 Å². The Bertz CT molecular complexity index is 833. The highest BCUT2D eigenvalue weighted by molar-refractivity contribution is 5.97. The van der Waals surface area contributed by atoms with Crippen molar-refractivity contribution in [2.24, 2.45) is 5.41 Å². The molecule has 0 aliphatic rings. The lowest BCUT2D eigenvalue weighted by Crippen LogP contribution is -2.24. The molecule has 5 nitrogen and oxygen atoms in total. The van der Waals surface area contributed by atoms with Crippen LogP contribution in [0.15, 0.2) is 60.7 Å². The van der Waals surface area contributed by atoms with E-state index in [0.29, 0.717) is 37.4 Å². The molecule has 0 fully saturated rings. The number of hydrogen-bond donors (Lipinski definition) is 0. The maximum Gasteiger partial charge on any atom is 0.338 e. The van der Waals surface area contributed by atoms with Gasteiger partial charge >= 0.3 is 11.9 Å². The number of benzene rings is 2. The fraction of sp³-hybridized carbons (Fsp3) is 0.429. The molecule has 0 spiro atoms. The monoisotopic (exact) mass is 462 g/mol. The van der Waals surface area contributed by atoms with Crippen molar-refractivity contribution in [3.8, 4) is 12.3 Å². The number of carbonyl (C=O) groups excluding carboxylic acids is 2. The minimum atomic E-state index is -0.304. The molecule has 0 aliphatic carbocycles. The first-order chi connectivity index (χ1) is 16.6. The highest BCUT2D eigenvalue weighted by atomic mass is 16.5. The molecule has 180 valence electrons. The average molecular weight is 462 g/mol. The zero-order chi connectivity index (χ0) is 24.5. The Morgan fingerprint density at radius 3 is 1.59 bits per heavy atom. The Labute approximate surface area is 204 Å². The third-order valence-corrected chi connectivity index (χ3v) is 6.04. The molecular formula is C28H35BO5. The molecule has 0 atom stereocenters. The Kier molecular flexibility index (Phi) is 12.6. The predicted octanol–water partition coefficient (Wildman–Crippen LogP) is 5.01. The third kappa shape index (κ3) is 9.85. The van der Waals surface area contributed by atoms with Crippen molar-refractivity contribution >= 4 is 20.0 Å². The number of hydrogen-bond acceptors (Lipinski definition) is 5. The summed E-state index contributed by atoms with van der Waals surface area (Å²) in [5.41, 5.74) is 1.10. The van der Waals surface area contributed by atoms with Crippen molar-refractivity contribution in [1.82, 2.24) is 0 Å². The SMILES string of the molecule is BOCCCC(CCC#C)(CCCOC(=O)c1ccccc1)CCCOC(=O)c1ccccc1. The lowest BCUT2D eigenvalue weighted by Gasteiger charge is -2.34. The second-order valence-electron chi connectivity index (χ2n) is 8.51. The van der Waals surface area contributed by atoms with Gasteiger partial charge in [0.25, 0.3) is 8.05 Å². The quantitative estimate of drug-likeness (QED) is 0.152. The molecule has 0 unspecified atom stereocenters. The molecule has 0 amide bonds. The maximum atomic E-state index is 12.2. The van der Waals surface area contributed by atoms with Crippen molar-refractivity contribution in [2.75, 3.05) is 19.8 Å². The van der Waals surface area contributed by atoms with Crippen LogP contribution in [-0.2, 0) is 14.1 Å². The fourth-order valence-corrected chi connectivity index (χ4v) is 4.22. The number of rotatable bonds is 16. The normalized spacial score (nSPS) is 10.9. The van der Waals surface area contributed by atoms with Crippen LogP contribution in [-0.4, -0.2) is 39.8 Å². The van der Waals surface area contributed by atoms with Crippen LogP contribution in [0.25, 0.3) is 0 Å². The molecule has 0 heterocycles. The second kappa shape index (κ2) is 15.7. The lowest BCUT2D eigenvalue weighted by molar-refractivity contribution is 0.0449. The largest absolute Gasteiger partial charge is 0.462 e. The highest BCUT2D eigenvalue weighted by Crippen LogP contribution is 2.39. The molecular weight excluding hydrogens is 427 g/mol. The van der Waals surface area contributed by atoms with Crippen LogP contribution in [0.5, 0.6) is 0 Å². The van der Waals surface area contributed by atoms with Crippen LogP contribution < -0.4 is 0 Å². The molecule has 0 aliphatic heterocycles. The lowest BCUT2D eigenvalue weighted by atomic mass is 9.72. The van der Waals surface area contributed by atoms with E-state index < -0.39 is 0 Å².